The Balaban J connectivity index is 1.67. The highest BCUT2D eigenvalue weighted by atomic mass is 16.3. The largest absolute Gasteiger partial charge is 0.384 e. The molecule has 1 spiro atoms. The molecule has 3 nitrogen and oxygen atoms in total. The molecule has 2 aliphatic heterocycles. The second-order valence-electron chi connectivity index (χ2n) is 7.23. The van der Waals surface area contributed by atoms with E-state index >= 15 is 0 Å². The Labute approximate surface area is 128 Å². The van der Waals surface area contributed by atoms with Gasteiger partial charge < -0.3 is 10.4 Å². The molecule has 1 aromatic rings. The molecule has 2 fully saturated rings. The van der Waals surface area contributed by atoms with Crippen LogP contribution in [0.3, 0.4) is 0 Å². The van der Waals surface area contributed by atoms with E-state index in [1.54, 1.807) is 0 Å². The van der Waals surface area contributed by atoms with Gasteiger partial charge in [-0.2, -0.15) is 0 Å². The molecule has 2 saturated heterocycles. The molecule has 0 saturated carbocycles. The van der Waals surface area contributed by atoms with Crippen LogP contribution in [0.1, 0.15) is 38.2 Å². The van der Waals surface area contributed by atoms with Crippen LogP contribution >= 0.6 is 0 Å². The third-order valence-corrected chi connectivity index (χ3v) is 5.23. The van der Waals surface area contributed by atoms with Crippen LogP contribution in [0.4, 0.5) is 0 Å². The van der Waals surface area contributed by atoms with Gasteiger partial charge >= 0.3 is 0 Å². The molecular weight excluding hydrogens is 260 g/mol. The fourth-order valence-corrected chi connectivity index (χ4v) is 4.15. The molecule has 21 heavy (non-hydrogen) atoms. The van der Waals surface area contributed by atoms with E-state index in [1.807, 2.05) is 37.3 Å². The number of nitrogens with zero attached hydrogens (tertiary/aromatic N) is 1. The van der Waals surface area contributed by atoms with Gasteiger partial charge in [0.1, 0.15) is 0 Å². The molecule has 2 atom stereocenters. The van der Waals surface area contributed by atoms with Crippen molar-refractivity contribution in [3.63, 3.8) is 0 Å². The maximum absolute atomic E-state index is 10.9. The fraction of sp³-hybridized carbons (Fsp3) is 0.667. The van der Waals surface area contributed by atoms with E-state index in [1.165, 1.54) is 32.2 Å². The summed E-state index contributed by atoms with van der Waals surface area (Å²) in [6.45, 7) is 7.25. The van der Waals surface area contributed by atoms with Gasteiger partial charge in [0.05, 0.1) is 5.60 Å². The molecular formula is C18H28N2O. The maximum Gasteiger partial charge on any atom is 0.0994 e. The highest BCUT2D eigenvalue weighted by molar-refractivity contribution is 5.21. The Morgan fingerprint density at radius 3 is 2.71 bits per heavy atom. The van der Waals surface area contributed by atoms with Crippen molar-refractivity contribution >= 4 is 0 Å². The molecule has 3 heteroatoms. The summed E-state index contributed by atoms with van der Waals surface area (Å²) in [6, 6.07) is 10.1. The lowest BCUT2D eigenvalue weighted by atomic mass is 9.74. The Morgan fingerprint density at radius 1 is 1.24 bits per heavy atom. The summed E-state index contributed by atoms with van der Waals surface area (Å²) in [5.74, 6) is 0. The summed E-state index contributed by atoms with van der Waals surface area (Å²) in [5, 5.41) is 14.4. The van der Waals surface area contributed by atoms with Crippen LogP contribution in [0, 0.1) is 5.41 Å². The number of piperidine rings is 2. The first-order valence-corrected chi connectivity index (χ1v) is 8.31. The van der Waals surface area contributed by atoms with Crippen LogP contribution in [0.5, 0.6) is 0 Å². The summed E-state index contributed by atoms with van der Waals surface area (Å²) in [5.41, 5.74) is 0.705. The van der Waals surface area contributed by atoms with E-state index in [0.29, 0.717) is 5.41 Å². The summed E-state index contributed by atoms with van der Waals surface area (Å²) in [4.78, 5) is 2.48. The van der Waals surface area contributed by atoms with Gasteiger partial charge in [-0.1, -0.05) is 30.3 Å². The molecule has 0 amide bonds. The van der Waals surface area contributed by atoms with Crippen molar-refractivity contribution in [3.05, 3.63) is 35.9 Å². The highest BCUT2D eigenvalue weighted by Gasteiger charge is 2.38. The molecule has 0 aliphatic carbocycles. The summed E-state index contributed by atoms with van der Waals surface area (Å²) >= 11 is 0. The summed E-state index contributed by atoms with van der Waals surface area (Å²) in [6.07, 6.45) is 5.23. The minimum Gasteiger partial charge on any atom is -0.384 e. The highest BCUT2D eigenvalue weighted by Crippen LogP contribution is 2.37. The Morgan fingerprint density at radius 2 is 2.00 bits per heavy atom. The van der Waals surface area contributed by atoms with Gasteiger partial charge in [-0.3, -0.25) is 4.90 Å². The molecule has 0 bridgehead atoms. The third-order valence-electron chi connectivity index (χ3n) is 5.23. The second kappa shape index (κ2) is 6.07. The van der Waals surface area contributed by atoms with Gasteiger partial charge in [-0.05, 0) is 56.7 Å². The van der Waals surface area contributed by atoms with Gasteiger partial charge in [0.25, 0.3) is 0 Å². The van der Waals surface area contributed by atoms with Gasteiger partial charge in [0, 0.05) is 19.6 Å². The summed E-state index contributed by atoms with van der Waals surface area (Å²) < 4.78 is 0. The first-order chi connectivity index (χ1) is 10.1. The fourth-order valence-electron chi connectivity index (χ4n) is 4.15. The number of β-amino-alcohol motifs (C(OH)–C–C–N with tert-alkyl or cyclic N) is 1. The zero-order valence-corrected chi connectivity index (χ0v) is 13.1. The number of likely N-dealkylation sites (tertiary alicyclic amines) is 1. The Bertz CT molecular complexity index is 446. The van der Waals surface area contributed by atoms with Gasteiger partial charge in [-0.15, -0.1) is 0 Å². The van der Waals surface area contributed by atoms with Crippen LogP contribution < -0.4 is 5.32 Å². The number of aliphatic hydroxyl groups is 1. The van der Waals surface area contributed by atoms with Gasteiger partial charge in [0.2, 0.25) is 0 Å². The average Bonchev–Trinajstić information content (AvgIpc) is 2.48. The Kier molecular flexibility index (Phi) is 4.34. The van der Waals surface area contributed by atoms with Crippen molar-refractivity contribution in [1.29, 1.82) is 0 Å². The van der Waals surface area contributed by atoms with E-state index in [0.717, 1.165) is 31.7 Å². The molecule has 2 N–H and O–H groups in total. The minimum atomic E-state index is -0.762. The topological polar surface area (TPSA) is 35.5 Å². The van der Waals surface area contributed by atoms with Crippen LogP contribution in [0.15, 0.2) is 30.3 Å². The lowest BCUT2D eigenvalue weighted by Gasteiger charge is -2.47. The number of benzene rings is 1. The van der Waals surface area contributed by atoms with Gasteiger partial charge in [0.15, 0.2) is 0 Å². The molecule has 0 aromatic heterocycles. The molecule has 2 unspecified atom stereocenters. The van der Waals surface area contributed by atoms with Crippen LogP contribution in [-0.4, -0.2) is 42.7 Å². The number of hydrogen-bond donors (Lipinski definition) is 2. The van der Waals surface area contributed by atoms with Crippen molar-refractivity contribution < 1.29 is 5.11 Å². The lowest BCUT2D eigenvalue weighted by Crippen LogP contribution is -2.53. The van der Waals surface area contributed by atoms with E-state index < -0.39 is 5.60 Å². The lowest BCUT2D eigenvalue weighted by molar-refractivity contribution is -0.0189. The van der Waals surface area contributed by atoms with E-state index in [9.17, 15) is 5.11 Å². The van der Waals surface area contributed by atoms with Crippen molar-refractivity contribution in [1.82, 2.24) is 10.2 Å². The van der Waals surface area contributed by atoms with Crippen LogP contribution in [0.25, 0.3) is 0 Å². The van der Waals surface area contributed by atoms with Crippen molar-refractivity contribution in [2.75, 3.05) is 32.7 Å². The normalized spacial score (nSPS) is 30.2. The standard InChI is InChI=1S/C18H28N2O/c1-17(21,16-7-3-2-4-8-16)14-20-12-6-10-18(15-20)9-5-11-19-13-18/h2-4,7-8,19,21H,5-6,9-15H2,1H3. The van der Waals surface area contributed by atoms with Crippen LogP contribution in [-0.2, 0) is 5.60 Å². The molecule has 0 radical (unpaired) electrons. The van der Waals surface area contributed by atoms with Crippen molar-refractivity contribution in [2.24, 2.45) is 5.41 Å². The van der Waals surface area contributed by atoms with E-state index in [2.05, 4.69) is 10.2 Å². The molecule has 2 aliphatic rings. The first kappa shape index (κ1) is 15.0. The van der Waals surface area contributed by atoms with Crippen molar-refractivity contribution in [2.45, 2.75) is 38.2 Å². The second-order valence-corrected chi connectivity index (χ2v) is 7.23. The zero-order valence-electron chi connectivity index (χ0n) is 13.1. The molecule has 2 heterocycles. The zero-order chi connectivity index (χ0) is 14.8. The first-order valence-electron chi connectivity index (χ1n) is 8.31. The molecule has 116 valence electrons. The Hall–Kier alpha value is -0.900. The van der Waals surface area contributed by atoms with E-state index in [4.69, 9.17) is 0 Å². The predicted molar refractivity (Wildman–Crippen MR) is 86.2 cm³/mol. The van der Waals surface area contributed by atoms with Crippen LogP contribution in [0.2, 0.25) is 0 Å². The van der Waals surface area contributed by atoms with Crippen molar-refractivity contribution in [3.8, 4) is 0 Å². The van der Waals surface area contributed by atoms with Gasteiger partial charge in [-0.25, -0.2) is 0 Å². The summed E-state index contributed by atoms with van der Waals surface area (Å²) in [7, 11) is 0. The number of rotatable bonds is 3. The third kappa shape index (κ3) is 3.47. The monoisotopic (exact) mass is 288 g/mol. The van der Waals surface area contributed by atoms with E-state index in [-0.39, 0.29) is 0 Å². The molecule has 3 rings (SSSR count). The number of hydrogen-bond acceptors (Lipinski definition) is 3. The number of nitrogens with one attached hydrogen (secondary N) is 1. The SMILES string of the molecule is CC(O)(CN1CCCC2(CCCNC2)C1)c1ccccc1. The smallest absolute Gasteiger partial charge is 0.0994 e. The quantitative estimate of drug-likeness (QED) is 0.896. The predicted octanol–water partition coefficient (Wildman–Crippen LogP) is 2.36. The molecule has 1 aromatic carbocycles. The maximum atomic E-state index is 10.9. The average molecular weight is 288 g/mol. The minimum absolute atomic E-state index is 0.448.